The number of fused-ring (bicyclic) bond motifs is 1. The highest BCUT2D eigenvalue weighted by atomic mass is 35.5. The van der Waals surface area contributed by atoms with Crippen LogP contribution in [0.4, 0.5) is 5.95 Å². The van der Waals surface area contributed by atoms with E-state index in [1.165, 1.54) is 11.7 Å². The minimum absolute atomic E-state index is 0.0389. The van der Waals surface area contributed by atoms with Crippen molar-refractivity contribution >= 4 is 28.7 Å². The zero-order valence-electron chi connectivity index (χ0n) is 16.6. The van der Waals surface area contributed by atoms with Crippen molar-refractivity contribution in [2.45, 2.75) is 26.6 Å². The number of aryl methyl sites for hydroxylation is 2. The Morgan fingerprint density at radius 3 is 2.69 bits per heavy atom. The van der Waals surface area contributed by atoms with Crippen LogP contribution in [0.3, 0.4) is 0 Å². The quantitative estimate of drug-likeness (QED) is 0.531. The van der Waals surface area contributed by atoms with E-state index in [1.807, 2.05) is 19.1 Å². The summed E-state index contributed by atoms with van der Waals surface area (Å²) in [6.07, 6.45) is 0.534. The Balaban J connectivity index is 2.17. The van der Waals surface area contributed by atoms with Crippen LogP contribution in [-0.2, 0) is 25.1 Å². The van der Waals surface area contributed by atoms with Crippen LogP contribution < -0.4 is 16.6 Å². The molecule has 2 aromatic heterocycles. The third-order valence-corrected chi connectivity index (χ3v) is 5.10. The maximum Gasteiger partial charge on any atom is 0.334 e. The van der Waals surface area contributed by atoms with Crippen LogP contribution in [0.5, 0.6) is 0 Å². The lowest BCUT2D eigenvalue weighted by molar-refractivity contribution is 0.129. The molecule has 3 aromatic rings. The van der Waals surface area contributed by atoms with Crippen molar-refractivity contribution in [3.63, 3.8) is 0 Å². The van der Waals surface area contributed by atoms with Gasteiger partial charge in [-0.15, -0.1) is 0 Å². The van der Waals surface area contributed by atoms with Crippen LogP contribution in [0.25, 0.3) is 11.2 Å². The van der Waals surface area contributed by atoms with E-state index >= 15 is 0 Å². The number of ether oxygens (including phenoxy) is 1. The molecule has 10 heteroatoms. The van der Waals surface area contributed by atoms with Gasteiger partial charge in [0.15, 0.2) is 11.2 Å². The molecule has 0 fully saturated rings. The van der Waals surface area contributed by atoms with Gasteiger partial charge in [-0.05, 0) is 30.5 Å². The van der Waals surface area contributed by atoms with Crippen LogP contribution in [0.15, 0.2) is 27.8 Å². The molecule has 0 atom stereocenters. The molecule has 1 aromatic carbocycles. The van der Waals surface area contributed by atoms with Gasteiger partial charge in [-0.2, -0.15) is 4.98 Å². The number of aliphatic hydroxyl groups excluding tert-OH is 1. The number of aromatic nitrogens is 4. The van der Waals surface area contributed by atoms with Crippen LogP contribution >= 0.6 is 11.6 Å². The van der Waals surface area contributed by atoms with Gasteiger partial charge in [-0.25, -0.2) is 4.79 Å². The first kappa shape index (κ1) is 21.1. The minimum Gasteiger partial charge on any atom is -0.396 e. The summed E-state index contributed by atoms with van der Waals surface area (Å²) in [4.78, 5) is 30.6. The molecule has 0 aliphatic rings. The second kappa shape index (κ2) is 8.81. The van der Waals surface area contributed by atoms with E-state index in [9.17, 15) is 9.59 Å². The lowest BCUT2D eigenvalue weighted by Crippen LogP contribution is -2.41. The lowest BCUT2D eigenvalue weighted by atomic mass is 10.1. The SMILES string of the molecule is COCn1c(=O)n(Cc2ccc(C)c(Cl)c2)c(=O)c2c1nc(NCCCO)n2C. The number of nitrogens with one attached hydrogen (secondary N) is 1. The van der Waals surface area contributed by atoms with Gasteiger partial charge in [0.05, 0.1) is 6.54 Å². The van der Waals surface area contributed by atoms with Gasteiger partial charge in [0, 0.05) is 32.3 Å². The third-order valence-electron chi connectivity index (χ3n) is 4.70. The summed E-state index contributed by atoms with van der Waals surface area (Å²) in [6.45, 7) is 2.44. The van der Waals surface area contributed by atoms with E-state index in [2.05, 4.69) is 10.3 Å². The first-order valence-corrected chi connectivity index (χ1v) is 9.55. The largest absolute Gasteiger partial charge is 0.396 e. The average molecular weight is 422 g/mol. The van der Waals surface area contributed by atoms with E-state index < -0.39 is 11.2 Å². The van der Waals surface area contributed by atoms with Crippen molar-refractivity contribution < 1.29 is 9.84 Å². The molecule has 0 amide bonds. The number of benzene rings is 1. The molecule has 0 bridgehead atoms. The number of hydrogen-bond acceptors (Lipinski definition) is 6. The number of anilines is 1. The van der Waals surface area contributed by atoms with Gasteiger partial charge >= 0.3 is 5.69 Å². The van der Waals surface area contributed by atoms with E-state index in [0.29, 0.717) is 23.9 Å². The Labute approximate surface area is 172 Å². The zero-order chi connectivity index (χ0) is 21.1. The van der Waals surface area contributed by atoms with Crippen molar-refractivity contribution in [2.75, 3.05) is 25.6 Å². The molecule has 0 aliphatic heterocycles. The Kier molecular flexibility index (Phi) is 6.41. The van der Waals surface area contributed by atoms with Crippen molar-refractivity contribution in [1.29, 1.82) is 0 Å². The van der Waals surface area contributed by atoms with Gasteiger partial charge < -0.3 is 19.7 Å². The molecule has 156 valence electrons. The highest BCUT2D eigenvalue weighted by molar-refractivity contribution is 6.31. The Hall–Kier alpha value is -2.62. The van der Waals surface area contributed by atoms with Crippen molar-refractivity contribution in [3.8, 4) is 0 Å². The van der Waals surface area contributed by atoms with Crippen LogP contribution in [0.1, 0.15) is 17.5 Å². The van der Waals surface area contributed by atoms with E-state index in [4.69, 9.17) is 21.4 Å². The summed E-state index contributed by atoms with van der Waals surface area (Å²) in [5.41, 5.74) is 1.23. The van der Waals surface area contributed by atoms with E-state index in [1.54, 1.807) is 17.7 Å². The van der Waals surface area contributed by atoms with Crippen molar-refractivity contribution in [3.05, 3.63) is 55.2 Å². The summed E-state index contributed by atoms with van der Waals surface area (Å²) in [6, 6.07) is 5.43. The fraction of sp³-hybridized carbons (Fsp3) is 0.421. The van der Waals surface area contributed by atoms with Gasteiger partial charge in [0.1, 0.15) is 6.73 Å². The predicted octanol–water partition coefficient (Wildman–Crippen LogP) is 1.31. The van der Waals surface area contributed by atoms with Gasteiger partial charge in [0.2, 0.25) is 5.95 Å². The Morgan fingerprint density at radius 1 is 1.28 bits per heavy atom. The van der Waals surface area contributed by atoms with Crippen molar-refractivity contribution in [1.82, 2.24) is 18.7 Å². The molecular formula is C19H24ClN5O4. The summed E-state index contributed by atoms with van der Waals surface area (Å²) in [5, 5.41) is 12.6. The van der Waals surface area contributed by atoms with Crippen LogP contribution in [0.2, 0.25) is 5.02 Å². The van der Waals surface area contributed by atoms with E-state index in [-0.39, 0.29) is 31.0 Å². The highest BCUT2D eigenvalue weighted by Crippen LogP contribution is 2.18. The number of halogens is 1. The Morgan fingerprint density at radius 2 is 2.03 bits per heavy atom. The third kappa shape index (κ3) is 4.07. The standard InChI is InChI=1S/C19H24ClN5O4/c1-12-5-6-13(9-14(12)20)10-24-17(27)15-16(25(11-29-3)19(24)28)22-18(23(15)2)21-7-4-8-26/h5-6,9,26H,4,7-8,10-11H2,1-3H3,(H,21,22). The minimum atomic E-state index is -0.513. The van der Waals surface area contributed by atoms with Crippen LogP contribution in [0, 0.1) is 6.92 Å². The van der Waals surface area contributed by atoms with Crippen molar-refractivity contribution in [2.24, 2.45) is 7.05 Å². The van der Waals surface area contributed by atoms with Crippen LogP contribution in [-0.4, -0.2) is 44.1 Å². The molecule has 2 N–H and O–H groups in total. The molecule has 2 heterocycles. The molecule has 0 spiro atoms. The predicted molar refractivity (Wildman–Crippen MR) is 112 cm³/mol. The Bertz CT molecular complexity index is 1150. The smallest absolute Gasteiger partial charge is 0.334 e. The molecule has 29 heavy (non-hydrogen) atoms. The van der Waals surface area contributed by atoms with Gasteiger partial charge in [0.25, 0.3) is 5.56 Å². The zero-order valence-corrected chi connectivity index (χ0v) is 17.4. The monoisotopic (exact) mass is 421 g/mol. The molecule has 0 saturated heterocycles. The topological polar surface area (TPSA) is 103 Å². The summed E-state index contributed by atoms with van der Waals surface area (Å²) in [7, 11) is 3.17. The summed E-state index contributed by atoms with van der Waals surface area (Å²) < 4.78 is 9.26. The normalized spacial score (nSPS) is 11.3. The average Bonchev–Trinajstić information content (AvgIpc) is 3.02. The van der Waals surface area contributed by atoms with Gasteiger partial charge in [-0.1, -0.05) is 23.7 Å². The summed E-state index contributed by atoms with van der Waals surface area (Å²) in [5.74, 6) is 0.436. The molecular weight excluding hydrogens is 398 g/mol. The molecule has 0 aliphatic carbocycles. The molecule has 9 nitrogen and oxygen atoms in total. The number of hydrogen-bond donors (Lipinski definition) is 2. The number of nitrogens with zero attached hydrogens (tertiary/aromatic N) is 4. The molecule has 0 radical (unpaired) electrons. The highest BCUT2D eigenvalue weighted by Gasteiger charge is 2.20. The van der Waals surface area contributed by atoms with Gasteiger partial charge in [-0.3, -0.25) is 13.9 Å². The molecule has 3 rings (SSSR count). The number of methoxy groups -OCH3 is 1. The molecule has 0 saturated carbocycles. The first-order chi connectivity index (χ1) is 13.9. The number of imidazole rings is 1. The lowest BCUT2D eigenvalue weighted by Gasteiger charge is -2.12. The second-order valence-electron chi connectivity index (χ2n) is 6.77. The maximum absolute atomic E-state index is 13.2. The fourth-order valence-electron chi connectivity index (χ4n) is 3.10. The number of rotatable bonds is 8. The maximum atomic E-state index is 13.2. The van der Waals surface area contributed by atoms with E-state index in [0.717, 1.165) is 15.7 Å². The number of aliphatic hydroxyl groups is 1. The second-order valence-corrected chi connectivity index (χ2v) is 7.18. The first-order valence-electron chi connectivity index (χ1n) is 9.17. The fourth-order valence-corrected chi connectivity index (χ4v) is 3.31. The summed E-state index contributed by atoms with van der Waals surface area (Å²) >= 11 is 6.19. The molecule has 0 unspecified atom stereocenters.